The molecular formula is C17H23N5O2. The van der Waals surface area contributed by atoms with Crippen molar-refractivity contribution in [3.63, 3.8) is 0 Å². The molecule has 1 amide bonds. The Labute approximate surface area is 141 Å². The monoisotopic (exact) mass is 329 g/mol. The Balaban J connectivity index is 1.80. The molecule has 2 aromatic heterocycles. The molecule has 0 radical (unpaired) electrons. The fourth-order valence-electron chi connectivity index (χ4n) is 3.16. The van der Waals surface area contributed by atoms with E-state index in [1.807, 2.05) is 28.8 Å². The first kappa shape index (κ1) is 16.6. The van der Waals surface area contributed by atoms with Gasteiger partial charge in [0.15, 0.2) is 0 Å². The Bertz CT molecular complexity index is 700. The molecule has 0 saturated carbocycles. The van der Waals surface area contributed by atoms with Crippen LogP contribution in [0.25, 0.3) is 11.4 Å². The number of hydrogen-bond donors (Lipinski definition) is 0. The van der Waals surface area contributed by atoms with E-state index in [0.717, 1.165) is 43.0 Å². The first-order valence-corrected chi connectivity index (χ1v) is 8.33. The fraction of sp³-hybridized carbons (Fsp3) is 0.529. The third kappa shape index (κ3) is 3.46. The maximum Gasteiger partial charge on any atom is 0.248 e. The van der Waals surface area contributed by atoms with Crippen LogP contribution in [-0.2, 0) is 16.1 Å². The van der Waals surface area contributed by atoms with E-state index in [1.54, 1.807) is 19.5 Å². The third-order valence-electron chi connectivity index (χ3n) is 4.39. The first-order valence-electron chi connectivity index (χ1n) is 8.33. The second-order valence-electron chi connectivity index (χ2n) is 5.97. The van der Waals surface area contributed by atoms with Crippen molar-refractivity contribution in [1.29, 1.82) is 0 Å². The van der Waals surface area contributed by atoms with E-state index < -0.39 is 0 Å². The van der Waals surface area contributed by atoms with Gasteiger partial charge in [0, 0.05) is 45.1 Å². The Morgan fingerprint density at radius 2 is 2.29 bits per heavy atom. The van der Waals surface area contributed by atoms with Gasteiger partial charge in [0.05, 0.1) is 17.6 Å². The summed E-state index contributed by atoms with van der Waals surface area (Å²) in [4.78, 5) is 23.1. The molecule has 1 aliphatic heterocycles. The van der Waals surface area contributed by atoms with Crippen LogP contribution in [-0.4, -0.2) is 57.4 Å². The van der Waals surface area contributed by atoms with Gasteiger partial charge in [0.2, 0.25) is 5.91 Å². The van der Waals surface area contributed by atoms with Crippen LogP contribution < -0.4 is 0 Å². The maximum atomic E-state index is 12.1. The summed E-state index contributed by atoms with van der Waals surface area (Å²) in [5, 5.41) is 4.29. The van der Waals surface area contributed by atoms with Crippen molar-refractivity contribution in [1.82, 2.24) is 24.6 Å². The number of hydrogen-bond acceptors (Lipinski definition) is 5. The molecule has 0 aromatic carbocycles. The summed E-state index contributed by atoms with van der Waals surface area (Å²) in [5.74, 6) is 0.250. The number of carbonyl (C=O) groups excluding carboxylic acids is 1. The highest BCUT2D eigenvalue weighted by Crippen LogP contribution is 2.27. The van der Waals surface area contributed by atoms with Crippen molar-refractivity contribution in [3.8, 4) is 11.4 Å². The number of nitrogens with zero attached hydrogens (tertiary/aromatic N) is 5. The average molecular weight is 329 g/mol. The molecule has 1 saturated heterocycles. The molecule has 7 nitrogen and oxygen atoms in total. The van der Waals surface area contributed by atoms with Crippen molar-refractivity contribution in [3.05, 3.63) is 30.4 Å². The highest BCUT2D eigenvalue weighted by molar-refractivity contribution is 5.77. The minimum Gasteiger partial charge on any atom is -0.375 e. The molecule has 1 fully saturated rings. The van der Waals surface area contributed by atoms with Gasteiger partial charge < -0.3 is 9.64 Å². The lowest BCUT2D eigenvalue weighted by atomic mass is 9.95. The number of carbonyl (C=O) groups is 1. The Hall–Kier alpha value is -2.28. The number of methoxy groups -OCH3 is 1. The zero-order chi connectivity index (χ0) is 16.9. The van der Waals surface area contributed by atoms with Gasteiger partial charge in [-0.25, -0.2) is 4.98 Å². The molecule has 0 spiro atoms. The van der Waals surface area contributed by atoms with Crippen LogP contribution in [0.5, 0.6) is 0 Å². The Morgan fingerprint density at radius 1 is 1.42 bits per heavy atom. The highest BCUT2D eigenvalue weighted by Gasteiger charge is 2.26. The highest BCUT2D eigenvalue weighted by atomic mass is 16.5. The van der Waals surface area contributed by atoms with Crippen LogP contribution in [0, 0.1) is 0 Å². The minimum atomic E-state index is 0.0374. The molecule has 128 valence electrons. The first-order chi connectivity index (χ1) is 11.7. The van der Waals surface area contributed by atoms with Crippen LogP contribution >= 0.6 is 0 Å². The van der Waals surface area contributed by atoms with Gasteiger partial charge in [-0.3, -0.25) is 14.5 Å². The molecule has 24 heavy (non-hydrogen) atoms. The molecule has 3 rings (SSSR count). The van der Waals surface area contributed by atoms with Crippen molar-refractivity contribution < 1.29 is 9.53 Å². The largest absolute Gasteiger partial charge is 0.375 e. The van der Waals surface area contributed by atoms with Gasteiger partial charge in [-0.1, -0.05) is 0 Å². The summed E-state index contributed by atoms with van der Waals surface area (Å²) in [5.41, 5.74) is 2.73. The van der Waals surface area contributed by atoms with Gasteiger partial charge in [0.25, 0.3) is 0 Å². The lowest BCUT2D eigenvalue weighted by Gasteiger charge is -2.32. The summed E-state index contributed by atoms with van der Waals surface area (Å²) in [6.07, 6.45) is 7.34. The lowest BCUT2D eigenvalue weighted by molar-refractivity contribution is -0.136. The standard InChI is InChI=1S/C17H23N5O2/c1-3-22-16(6-7-19-22)15-10-18-9-14(20-15)13-5-4-8-21(11-13)17(23)12-24-2/h6-7,9-10,13H,3-5,8,11-12H2,1-2H3/t13-/m1/s1. The van der Waals surface area contributed by atoms with Crippen molar-refractivity contribution in [2.24, 2.45) is 0 Å². The van der Waals surface area contributed by atoms with Crippen molar-refractivity contribution >= 4 is 5.91 Å². The number of aromatic nitrogens is 4. The van der Waals surface area contributed by atoms with Crippen molar-refractivity contribution in [2.45, 2.75) is 32.2 Å². The number of amides is 1. The van der Waals surface area contributed by atoms with Crippen LogP contribution in [0.2, 0.25) is 0 Å². The van der Waals surface area contributed by atoms with Crippen LogP contribution in [0.1, 0.15) is 31.4 Å². The van der Waals surface area contributed by atoms with Crippen LogP contribution in [0.3, 0.4) is 0 Å². The number of piperidine rings is 1. The van der Waals surface area contributed by atoms with Gasteiger partial charge in [-0.2, -0.15) is 5.10 Å². The van der Waals surface area contributed by atoms with Crippen LogP contribution in [0.4, 0.5) is 0 Å². The van der Waals surface area contributed by atoms with E-state index in [-0.39, 0.29) is 18.4 Å². The van der Waals surface area contributed by atoms with Crippen molar-refractivity contribution in [2.75, 3.05) is 26.8 Å². The van der Waals surface area contributed by atoms with E-state index in [0.29, 0.717) is 6.54 Å². The summed E-state index contributed by atoms with van der Waals surface area (Å²) in [7, 11) is 1.55. The molecule has 0 bridgehead atoms. The molecule has 1 atom stereocenters. The van der Waals surface area contributed by atoms with E-state index >= 15 is 0 Å². The molecule has 2 aromatic rings. The fourth-order valence-corrected chi connectivity index (χ4v) is 3.16. The zero-order valence-corrected chi connectivity index (χ0v) is 14.2. The predicted molar refractivity (Wildman–Crippen MR) is 89.4 cm³/mol. The lowest BCUT2D eigenvalue weighted by Crippen LogP contribution is -2.41. The van der Waals surface area contributed by atoms with E-state index in [1.165, 1.54) is 0 Å². The third-order valence-corrected chi connectivity index (χ3v) is 4.39. The van der Waals surface area contributed by atoms with Gasteiger partial charge in [-0.05, 0) is 25.8 Å². The summed E-state index contributed by atoms with van der Waals surface area (Å²) < 4.78 is 6.87. The Kier molecular flexibility index (Phi) is 5.20. The van der Waals surface area contributed by atoms with E-state index in [2.05, 4.69) is 10.1 Å². The summed E-state index contributed by atoms with van der Waals surface area (Å²) in [6, 6.07) is 1.95. The smallest absolute Gasteiger partial charge is 0.248 e. The number of likely N-dealkylation sites (tertiary alicyclic amines) is 1. The maximum absolute atomic E-state index is 12.1. The zero-order valence-electron chi connectivity index (χ0n) is 14.2. The van der Waals surface area contributed by atoms with Gasteiger partial charge in [0.1, 0.15) is 12.3 Å². The van der Waals surface area contributed by atoms with E-state index in [4.69, 9.17) is 9.72 Å². The van der Waals surface area contributed by atoms with Gasteiger partial charge >= 0.3 is 0 Å². The summed E-state index contributed by atoms with van der Waals surface area (Å²) >= 11 is 0. The predicted octanol–water partition coefficient (Wildman–Crippen LogP) is 1.71. The number of aryl methyl sites for hydroxylation is 1. The van der Waals surface area contributed by atoms with E-state index in [9.17, 15) is 4.79 Å². The second kappa shape index (κ2) is 7.53. The topological polar surface area (TPSA) is 73.1 Å². The summed E-state index contributed by atoms with van der Waals surface area (Å²) in [6.45, 7) is 4.43. The number of ether oxygens (including phenoxy) is 1. The van der Waals surface area contributed by atoms with Crippen LogP contribution in [0.15, 0.2) is 24.7 Å². The Morgan fingerprint density at radius 3 is 3.08 bits per heavy atom. The molecule has 0 aliphatic carbocycles. The average Bonchev–Trinajstić information content (AvgIpc) is 3.11. The minimum absolute atomic E-state index is 0.0374. The SMILES string of the molecule is CCn1nccc1-c1cncc([C@@H]2CCCN(C(=O)COC)C2)n1. The molecule has 0 unspecified atom stereocenters. The number of rotatable bonds is 5. The molecule has 7 heteroatoms. The normalized spacial score (nSPS) is 17.9. The molecule has 3 heterocycles. The molecular weight excluding hydrogens is 306 g/mol. The molecule has 1 aliphatic rings. The quantitative estimate of drug-likeness (QED) is 0.835. The molecule has 0 N–H and O–H groups in total. The van der Waals surface area contributed by atoms with Gasteiger partial charge in [-0.15, -0.1) is 0 Å². The second-order valence-corrected chi connectivity index (χ2v) is 5.97.